The van der Waals surface area contributed by atoms with Gasteiger partial charge in [0, 0.05) is 30.3 Å². The lowest BCUT2D eigenvalue weighted by Crippen LogP contribution is -2.33. The van der Waals surface area contributed by atoms with E-state index in [4.69, 9.17) is 9.15 Å². The Morgan fingerprint density at radius 1 is 1.12 bits per heavy atom. The number of benzene rings is 1. The number of esters is 1. The predicted octanol–water partition coefficient (Wildman–Crippen LogP) is 2.55. The number of ether oxygens (including phenoxy) is 1. The number of carbonyl (C=O) groups is 1. The van der Waals surface area contributed by atoms with Crippen LogP contribution >= 0.6 is 0 Å². The maximum absolute atomic E-state index is 13.0. The number of aryl methyl sites for hydroxylation is 2. The van der Waals surface area contributed by atoms with Gasteiger partial charge in [-0.1, -0.05) is 11.6 Å². The summed E-state index contributed by atoms with van der Waals surface area (Å²) in [5.41, 5.74) is 2.17. The van der Waals surface area contributed by atoms with Crippen LogP contribution in [0.1, 0.15) is 34.7 Å². The average Bonchev–Trinajstić information content (AvgIpc) is 2.60. The second-order valence-corrected chi connectivity index (χ2v) is 6.68. The van der Waals surface area contributed by atoms with Crippen LogP contribution in [-0.4, -0.2) is 10.5 Å². The Kier molecular flexibility index (Phi) is 3.57. The first-order valence-electron chi connectivity index (χ1n) is 8.30. The van der Waals surface area contributed by atoms with Crippen molar-refractivity contribution in [2.75, 3.05) is 0 Å². The lowest BCUT2D eigenvalue weighted by atomic mass is 9.87. The molecule has 0 bridgehead atoms. The molecule has 2 aromatic heterocycles. The Labute approximate surface area is 148 Å². The van der Waals surface area contributed by atoms with Gasteiger partial charge in [-0.2, -0.15) is 0 Å². The number of hydrogen-bond donors (Lipinski definition) is 0. The minimum Gasteiger partial charge on any atom is -0.464 e. The van der Waals surface area contributed by atoms with Gasteiger partial charge in [-0.05, 0) is 26.0 Å². The molecule has 0 saturated carbocycles. The zero-order valence-electron chi connectivity index (χ0n) is 14.7. The van der Waals surface area contributed by atoms with Crippen molar-refractivity contribution in [1.29, 1.82) is 0 Å². The molecule has 0 radical (unpaired) electrons. The standard InChI is InChI=1S/C20H17NO5/c1-10-4-5-15-13(6-10)19(23)14(9-25-15)12-8-17(22)26-16-7-11(2)21(3)20(24)18(12)16/h4-7,9,12H,8H2,1-3H3. The number of pyridine rings is 1. The van der Waals surface area contributed by atoms with Crippen molar-refractivity contribution in [1.82, 2.24) is 4.57 Å². The topological polar surface area (TPSA) is 78.5 Å². The molecule has 1 aliphatic rings. The van der Waals surface area contributed by atoms with Crippen molar-refractivity contribution in [3.63, 3.8) is 0 Å². The Balaban J connectivity index is 2.01. The van der Waals surface area contributed by atoms with Crippen LogP contribution in [0.5, 0.6) is 5.75 Å². The molecule has 0 amide bonds. The molecule has 6 heteroatoms. The summed E-state index contributed by atoms with van der Waals surface area (Å²) in [6.07, 6.45) is 1.28. The van der Waals surface area contributed by atoms with E-state index in [-0.39, 0.29) is 23.2 Å². The minimum atomic E-state index is -0.688. The fourth-order valence-corrected chi connectivity index (χ4v) is 3.41. The maximum Gasteiger partial charge on any atom is 0.312 e. The Hall–Kier alpha value is -3.15. The molecule has 1 atom stereocenters. The third kappa shape index (κ3) is 2.37. The van der Waals surface area contributed by atoms with E-state index in [2.05, 4.69) is 0 Å². The van der Waals surface area contributed by atoms with Crippen molar-refractivity contribution in [3.05, 3.63) is 73.5 Å². The van der Waals surface area contributed by atoms with Gasteiger partial charge >= 0.3 is 5.97 Å². The fourth-order valence-electron chi connectivity index (χ4n) is 3.41. The summed E-state index contributed by atoms with van der Waals surface area (Å²) >= 11 is 0. The number of fused-ring (bicyclic) bond motifs is 2. The third-order valence-corrected chi connectivity index (χ3v) is 4.94. The summed E-state index contributed by atoms with van der Waals surface area (Å²) in [5, 5.41) is 0.437. The lowest BCUT2D eigenvalue weighted by Gasteiger charge is -2.24. The van der Waals surface area contributed by atoms with Crippen LogP contribution < -0.4 is 15.7 Å². The molecular weight excluding hydrogens is 334 g/mol. The minimum absolute atomic E-state index is 0.0760. The first-order valence-corrected chi connectivity index (χ1v) is 8.30. The van der Waals surface area contributed by atoms with Crippen LogP contribution in [0.2, 0.25) is 0 Å². The number of aromatic nitrogens is 1. The van der Waals surface area contributed by atoms with Crippen LogP contribution in [-0.2, 0) is 11.8 Å². The monoisotopic (exact) mass is 351 g/mol. The molecule has 1 unspecified atom stereocenters. The number of carbonyl (C=O) groups excluding carboxylic acids is 1. The van der Waals surface area contributed by atoms with Gasteiger partial charge in [0.15, 0.2) is 5.43 Å². The molecule has 132 valence electrons. The summed E-state index contributed by atoms with van der Waals surface area (Å²) in [4.78, 5) is 37.9. The van der Waals surface area contributed by atoms with Crippen LogP contribution in [0, 0.1) is 13.8 Å². The Bertz CT molecular complexity index is 1190. The van der Waals surface area contributed by atoms with Gasteiger partial charge in [-0.25, -0.2) is 0 Å². The maximum atomic E-state index is 13.0. The predicted molar refractivity (Wildman–Crippen MR) is 95.7 cm³/mol. The summed E-state index contributed by atoms with van der Waals surface area (Å²) < 4.78 is 12.4. The average molecular weight is 351 g/mol. The van der Waals surface area contributed by atoms with Gasteiger partial charge in [0.1, 0.15) is 11.3 Å². The molecule has 1 aromatic carbocycles. The van der Waals surface area contributed by atoms with Crippen LogP contribution in [0.25, 0.3) is 11.0 Å². The van der Waals surface area contributed by atoms with E-state index >= 15 is 0 Å². The van der Waals surface area contributed by atoms with Crippen LogP contribution in [0.3, 0.4) is 0 Å². The quantitative estimate of drug-likeness (QED) is 0.630. The number of hydrogen-bond acceptors (Lipinski definition) is 5. The summed E-state index contributed by atoms with van der Waals surface area (Å²) in [7, 11) is 1.65. The second-order valence-electron chi connectivity index (χ2n) is 6.68. The van der Waals surface area contributed by atoms with E-state index in [1.54, 1.807) is 32.2 Å². The molecule has 0 spiro atoms. The smallest absolute Gasteiger partial charge is 0.312 e. The highest BCUT2D eigenvalue weighted by Crippen LogP contribution is 2.36. The molecular formula is C20H17NO5. The Morgan fingerprint density at radius 2 is 1.88 bits per heavy atom. The van der Waals surface area contributed by atoms with Gasteiger partial charge in [0.25, 0.3) is 5.56 Å². The molecule has 4 rings (SSSR count). The highest BCUT2D eigenvalue weighted by atomic mass is 16.5. The van der Waals surface area contributed by atoms with Gasteiger partial charge in [0.2, 0.25) is 0 Å². The molecule has 1 aliphatic heterocycles. The molecule has 0 N–H and O–H groups in total. The largest absolute Gasteiger partial charge is 0.464 e. The second kappa shape index (κ2) is 5.69. The molecule has 0 saturated heterocycles. The first kappa shape index (κ1) is 16.3. The van der Waals surface area contributed by atoms with Crippen molar-refractivity contribution >= 4 is 16.9 Å². The van der Waals surface area contributed by atoms with Crippen molar-refractivity contribution in [3.8, 4) is 5.75 Å². The molecule has 0 fully saturated rings. The van der Waals surface area contributed by atoms with E-state index in [9.17, 15) is 14.4 Å². The van der Waals surface area contributed by atoms with Crippen molar-refractivity contribution in [2.45, 2.75) is 26.2 Å². The summed E-state index contributed by atoms with van der Waals surface area (Å²) in [6, 6.07) is 6.99. The lowest BCUT2D eigenvalue weighted by molar-refractivity contribution is -0.135. The molecule has 6 nitrogen and oxygen atoms in total. The zero-order valence-corrected chi connectivity index (χ0v) is 14.7. The highest BCUT2D eigenvalue weighted by molar-refractivity contribution is 5.80. The summed E-state index contributed by atoms with van der Waals surface area (Å²) in [6.45, 7) is 3.64. The van der Waals surface area contributed by atoms with Crippen molar-refractivity contribution in [2.24, 2.45) is 7.05 Å². The summed E-state index contributed by atoms with van der Waals surface area (Å²) in [5.74, 6) is -0.943. The molecule has 3 aromatic rings. The third-order valence-electron chi connectivity index (χ3n) is 4.94. The number of rotatable bonds is 1. The zero-order chi connectivity index (χ0) is 18.6. The van der Waals surface area contributed by atoms with E-state index in [0.29, 0.717) is 27.8 Å². The van der Waals surface area contributed by atoms with Crippen LogP contribution in [0.4, 0.5) is 0 Å². The van der Waals surface area contributed by atoms with Gasteiger partial charge in [-0.3, -0.25) is 14.4 Å². The van der Waals surface area contributed by atoms with Crippen LogP contribution in [0.15, 0.2) is 44.5 Å². The van der Waals surface area contributed by atoms with E-state index in [1.165, 1.54) is 10.8 Å². The van der Waals surface area contributed by atoms with E-state index < -0.39 is 11.9 Å². The number of nitrogens with zero attached hydrogens (tertiary/aromatic N) is 1. The van der Waals surface area contributed by atoms with Crippen molar-refractivity contribution < 1.29 is 13.9 Å². The van der Waals surface area contributed by atoms with E-state index in [1.807, 2.05) is 13.0 Å². The SMILES string of the molecule is Cc1ccc2occ(C3CC(=O)Oc4cc(C)n(C)c(=O)c43)c(=O)c2c1. The van der Waals surface area contributed by atoms with Gasteiger partial charge in [-0.15, -0.1) is 0 Å². The molecule has 26 heavy (non-hydrogen) atoms. The highest BCUT2D eigenvalue weighted by Gasteiger charge is 2.34. The molecule has 0 aliphatic carbocycles. The molecule has 3 heterocycles. The van der Waals surface area contributed by atoms with Gasteiger partial charge in [0.05, 0.1) is 23.6 Å². The first-order chi connectivity index (χ1) is 12.4. The normalized spacial score (nSPS) is 16.4. The van der Waals surface area contributed by atoms with Gasteiger partial charge < -0.3 is 13.7 Å². The van der Waals surface area contributed by atoms with E-state index in [0.717, 1.165) is 5.56 Å². The fraction of sp³-hybridized carbons (Fsp3) is 0.250. The Morgan fingerprint density at radius 3 is 2.65 bits per heavy atom.